The second-order valence-corrected chi connectivity index (χ2v) is 7.38. The van der Waals surface area contributed by atoms with Crippen molar-refractivity contribution in [2.45, 2.75) is 63.2 Å². The van der Waals surface area contributed by atoms with Crippen LogP contribution >= 0.6 is 11.8 Å². The number of hydrazine groups is 1. The fourth-order valence-corrected chi connectivity index (χ4v) is 4.98. The van der Waals surface area contributed by atoms with Gasteiger partial charge in [-0.2, -0.15) is 11.8 Å². The largest absolute Gasteiger partial charge is 0.380 e. The molecule has 0 aliphatic carbocycles. The molecule has 4 nitrogen and oxygen atoms in total. The maximum absolute atomic E-state index is 6.18. The Labute approximate surface area is 127 Å². The Bertz CT molecular complexity index is 280. The van der Waals surface area contributed by atoms with Crippen LogP contribution in [0.4, 0.5) is 0 Å². The molecule has 118 valence electrons. The molecule has 2 rings (SSSR count). The van der Waals surface area contributed by atoms with Gasteiger partial charge in [-0.3, -0.25) is 11.3 Å². The lowest BCUT2D eigenvalue weighted by Gasteiger charge is -2.46. The molecular weight excluding hydrogens is 272 g/mol. The molecule has 3 atom stereocenters. The van der Waals surface area contributed by atoms with Crippen LogP contribution in [0.5, 0.6) is 0 Å². The van der Waals surface area contributed by atoms with E-state index in [1.807, 2.05) is 0 Å². The quantitative estimate of drug-likeness (QED) is 0.582. The van der Waals surface area contributed by atoms with Gasteiger partial charge < -0.3 is 9.47 Å². The molecule has 0 amide bonds. The topological polar surface area (TPSA) is 56.5 Å². The zero-order chi connectivity index (χ0) is 14.4. The molecule has 0 bridgehead atoms. The second kappa shape index (κ2) is 7.99. The van der Waals surface area contributed by atoms with E-state index in [2.05, 4.69) is 24.1 Å². The molecule has 2 aliphatic heterocycles. The molecular formula is C15H30N2O2S. The van der Waals surface area contributed by atoms with Crippen molar-refractivity contribution in [2.75, 3.05) is 25.2 Å². The summed E-state index contributed by atoms with van der Waals surface area (Å²) in [6.07, 6.45) is 7.00. The van der Waals surface area contributed by atoms with Crippen LogP contribution in [-0.4, -0.2) is 43.0 Å². The summed E-state index contributed by atoms with van der Waals surface area (Å²) < 4.78 is 11.9. The fraction of sp³-hybridized carbons (Fsp3) is 1.00. The Morgan fingerprint density at radius 3 is 2.80 bits per heavy atom. The monoisotopic (exact) mass is 302 g/mol. The molecule has 0 radical (unpaired) electrons. The van der Waals surface area contributed by atoms with E-state index in [1.54, 1.807) is 7.11 Å². The van der Waals surface area contributed by atoms with Gasteiger partial charge in [-0.15, -0.1) is 0 Å². The van der Waals surface area contributed by atoms with Gasteiger partial charge in [0.15, 0.2) is 0 Å². The summed E-state index contributed by atoms with van der Waals surface area (Å²) in [5.74, 6) is 8.88. The van der Waals surface area contributed by atoms with Gasteiger partial charge in [0.05, 0.1) is 17.7 Å². The highest BCUT2D eigenvalue weighted by atomic mass is 32.2. The molecule has 0 aromatic heterocycles. The van der Waals surface area contributed by atoms with Crippen molar-refractivity contribution in [3.05, 3.63) is 0 Å². The third-order valence-electron chi connectivity index (χ3n) is 4.91. The molecule has 3 N–H and O–H groups in total. The maximum Gasteiger partial charge on any atom is 0.0740 e. The van der Waals surface area contributed by atoms with Crippen LogP contribution in [0.15, 0.2) is 0 Å². The highest BCUT2D eigenvalue weighted by Gasteiger charge is 2.42. The van der Waals surface area contributed by atoms with Gasteiger partial charge in [0, 0.05) is 13.7 Å². The summed E-state index contributed by atoms with van der Waals surface area (Å²) in [5, 5.41) is 0. The van der Waals surface area contributed by atoms with E-state index in [0.717, 1.165) is 32.3 Å². The van der Waals surface area contributed by atoms with Gasteiger partial charge in [-0.05, 0) is 49.5 Å². The van der Waals surface area contributed by atoms with Gasteiger partial charge >= 0.3 is 0 Å². The Morgan fingerprint density at radius 2 is 2.20 bits per heavy atom. The van der Waals surface area contributed by atoms with Crippen LogP contribution in [0.25, 0.3) is 0 Å². The average Bonchev–Trinajstić information content (AvgIpc) is 2.48. The standard InChI is InChI=1S/C15H30N2O2S/c1-3-4-13(18-2)14(17-16)12-5-8-19-15(11-12)6-9-20-10-7-15/h12-14,17H,3-11,16H2,1-2H3. The highest BCUT2D eigenvalue weighted by Crippen LogP contribution is 2.41. The molecule has 3 unspecified atom stereocenters. The lowest BCUT2D eigenvalue weighted by Crippen LogP contribution is -2.54. The Balaban J connectivity index is 2.01. The summed E-state index contributed by atoms with van der Waals surface area (Å²) in [5.41, 5.74) is 3.16. The zero-order valence-electron chi connectivity index (χ0n) is 12.9. The van der Waals surface area contributed by atoms with Gasteiger partial charge in [0.25, 0.3) is 0 Å². The van der Waals surface area contributed by atoms with Crippen LogP contribution in [-0.2, 0) is 9.47 Å². The highest BCUT2D eigenvalue weighted by molar-refractivity contribution is 7.99. The molecule has 2 saturated heterocycles. The molecule has 0 aromatic rings. The third-order valence-corrected chi connectivity index (χ3v) is 5.90. The lowest BCUT2D eigenvalue weighted by molar-refractivity contribution is -0.115. The van der Waals surface area contributed by atoms with Crippen molar-refractivity contribution in [2.24, 2.45) is 11.8 Å². The summed E-state index contributed by atoms with van der Waals surface area (Å²) in [4.78, 5) is 0. The number of nitrogens with two attached hydrogens (primary N) is 1. The normalized spacial score (nSPS) is 29.2. The lowest BCUT2D eigenvalue weighted by atomic mass is 9.77. The predicted octanol–water partition coefficient (Wildman–Crippen LogP) is 2.33. The van der Waals surface area contributed by atoms with Crippen molar-refractivity contribution in [1.29, 1.82) is 0 Å². The minimum Gasteiger partial charge on any atom is -0.380 e. The van der Waals surface area contributed by atoms with Crippen LogP contribution in [0.1, 0.15) is 45.4 Å². The Hall–Kier alpha value is 0.190. The van der Waals surface area contributed by atoms with Crippen LogP contribution in [0.2, 0.25) is 0 Å². The summed E-state index contributed by atoms with van der Waals surface area (Å²) in [7, 11) is 1.80. The molecule has 1 spiro atoms. The van der Waals surface area contributed by atoms with E-state index >= 15 is 0 Å². The maximum atomic E-state index is 6.18. The van der Waals surface area contributed by atoms with E-state index in [4.69, 9.17) is 15.3 Å². The van der Waals surface area contributed by atoms with E-state index < -0.39 is 0 Å². The molecule has 20 heavy (non-hydrogen) atoms. The Morgan fingerprint density at radius 1 is 1.45 bits per heavy atom. The van der Waals surface area contributed by atoms with Crippen LogP contribution in [0.3, 0.4) is 0 Å². The van der Waals surface area contributed by atoms with E-state index in [9.17, 15) is 0 Å². The number of nitrogens with one attached hydrogen (secondary N) is 1. The van der Waals surface area contributed by atoms with Crippen LogP contribution < -0.4 is 11.3 Å². The number of methoxy groups -OCH3 is 1. The summed E-state index contributed by atoms with van der Waals surface area (Å²) in [6, 6.07) is 0.246. The van der Waals surface area contributed by atoms with Gasteiger partial charge in [0.1, 0.15) is 0 Å². The predicted molar refractivity (Wildman–Crippen MR) is 84.8 cm³/mol. The first-order chi connectivity index (χ1) is 9.74. The van der Waals surface area contributed by atoms with Crippen molar-refractivity contribution in [3.63, 3.8) is 0 Å². The summed E-state index contributed by atoms with van der Waals surface area (Å²) >= 11 is 2.05. The van der Waals surface area contributed by atoms with Gasteiger partial charge in [-0.1, -0.05) is 13.3 Å². The first-order valence-corrected chi connectivity index (χ1v) is 9.11. The number of thioether (sulfide) groups is 1. The first-order valence-electron chi connectivity index (χ1n) is 7.95. The van der Waals surface area contributed by atoms with E-state index in [-0.39, 0.29) is 17.7 Å². The molecule has 0 aromatic carbocycles. The summed E-state index contributed by atoms with van der Waals surface area (Å²) in [6.45, 7) is 3.07. The fourth-order valence-electron chi connectivity index (χ4n) is 3.74. The van der Waals surface area contributed by atoms with E-state index in [1.165, 1.54) is 24.3 Å². The molecule has 2 fully saturated rings. The minimum atomic E-state index is 0.119. The third kappa shape index (κ3) is 3.89. The van der Waals surface area contributed by atoms with Crippen LogP contribution in [0, 0.1) is 5.92 Å². The average molecular weight is 302 g/mol. The number of ether oxygens (including phenoxy) is 2. The van der Waals surface area contributed by atoms with E-state index in [0.29, 0.717) is 5.92 Å². The van der Waals surface area contributed by atoms with Crippen molar-refractivity contribution in [3.8, 4) is 0 Å². The molecule has 0 saturated carbocycles. The molecule has 5 heteroatoms. The molecule has 2 aliphatic rings. The van der Waals surface area contributed by atoms with Crippen molar-refractivity contribution in [1.82, 2.24) is 5.43 Å². The van der Waals surface area contributed by atoms with Gasteiger partial charge in [-0.25, -0.2) is 0 Å². The number of rotatable bonds is 6. The first kappa shape index (κ1) is 16.6. The van der Waals surface area contributed by atoms with Crippen molar-refractivity contribution < 1.29 is 9.47 Å². The molecule has 2 heterocycles. The zero-order valence-corrected chi connectivity index (χ0v) is 13.7. The Kier molecular flexibility index (Phi) is 6.62. The smallest absolute Gasteiger partial charge is 0.0740 e. The SMILES string of the molecule is CCCC(OC)C(NN)C1CCOC2(CCSCC2)C1. The van der Waals surface area contributed by atoms with Gasteiger partial charge in [0.2, 0.25) is 0 Å². The number of hydrogen-bond acceptors (Lipinski definition) is 5. The number of hydrogen-bond donors (Lipinski definition) is 2. The second-order valence-electron chi connectivity index (χ2n) is 6.15. The minimum absolute atomic E-state index is 0.119. The van der Waals surface area contributed by atoms with Crippen molar-refractivity contribution >= 4 is 11.8 Å².